The number of carbonyl (C=O) groups is 1. The second-order valence-electron chi connectivity index (χ2n) is 6.91. The third-order valence-electron chi connectivity index (χ3n) is 3.82. The highest BCUT2D eigenvalue weighted by molar-refractivity contribution is 5.73. The van der Waals surface area contributed by atoms with Gasteiger partial charge in [0.2, 0.25) is 0 Å². The first-order valence-electron chi connectivity index (χ1n) is 7.81. The maximum atomic E-state index is 11.5. The van der Waals surface area contributed by atoms with Crippen molar-refractivity contribution in [1.29, 1.82) is 0 Å². The molecule has 0 saturated heterocycles. The molecule has 0 aliphatic rings. The van der Waals surface area contributed by atoms with Crippen LogP contribution in [0.25, 0.3) is 0 Å². The quantitative estimate of drug-likeness (QED) is 0.892. The third-order valence-corrected chi connectivity index (χ3v) is 3.82. The molecule has 3 nitrogen and oxygen atoms in total. The number of rotatable bonds is 5. The first kappa shape index (κ1) is 17.1. The fourth-order valence-corrected chi connectivity index (χ4v) is 2.32. The molecule has 0 fully saturated rings. The lowest BCUT2D eigenvalue weighted by molar-refractivity contribution is -0.145. The Balaban J connectivity index is 2.10. The van der Waals surface area contributed by atoms with E-state index in [4.69, 9.17) is 4.74 Å². The highest BCUT2D eigenvalue weighted by atomic mass is 16.5. The van der Waals surface area contributed by atoms with E-state index in [1.807, 2.05) is 55.5 Å². The SMILES string of the molecule is Cc1ccc(CC(Oc2ccc(C(C)(C)C)cc2)C(=O)O)cc1. The smallest absolute Gasteiger partial charge is 0.345 e. The van der Waals surface area contributed by atoms with Gasteiger partial charge in [0.1, 0.15) is 5.75 Å². The Morgan fingerprint density at radius 3 is 2.09 bits per heavy atom. The van der Waals surface area contributed by atoms with E-state index in [1.54, 1.807) is 0 Å². The minimum absolute atomic E-state index is 0.0621. The van der Waals surface area contributed by atoms with Crippen LogP contribution in [-0.4, -0.2) is 17.2 Å². The Labute approximate surface area is 137 Å². The summed E-state index contributed by atoms with van der Waals surface area (Å²) in [5.74, 6) is -0.372. The number of hydrogen-bond acceptors (Lipinski definition) is 2. The minimum Gasteiger partial charge on any atom is -0.478 e. The van der Waals surface area contributed by atoms with Crippen LogP contribution in [-0.2, 0) is 16.6 Å². The van der Waals surface area contributed by atoms with E-state index in [-0.39, 0.29) is 5.41 Å². The summed E-state index contributed by atoms with van der Waals surface area (Å²) in [6, 6.07) is 15.5. The largest absolute Gasteiger partial charge is 0.478 e. The van der Waals surface area contributed by atoms with Crippen LogP contribution in [0, 0.1) is 6.92 Å². The first-order chi connectivity index (χ1) is 10.8. The lowest BCUT2D eigenvalue weighted by Crippen LogP contribution is -2.29. The van der Waals surface area contributed by atoms with Gasteiger partial charge in [-0.2, -0.15) is 0 Å². The number of carboxylic acid groups (broad SMARTS) is 1. The summed E-state index contributed by atoms with van der Waals surface area (Å²) in [6.45, 7) is 8.42. The van der Waals surface area contributed by atoms with Gasteiger partial charge in [-0.3, -0.25) is 0 Å². The van der Waals surface area contributed by atoms with Crippen LogP contribution >= 0.6 is 0 Å². The van der Waals surface area contributed by atoms with Crippen molar-refractivity contribution in [2.75, 3.05) is 0 Å². The molecule has 23 heavy (non-hydrogen) atoms. The molecule has 122 valence electrons. The summed E-state index contributed by atoms with van der Waals surface area (Å²) < 4.78 is 5.68. The van der Waals surface area contributed by atoms with Crippen LogP contribution in [0.4, 0.5) is 0 Å². The Morgan fingerprint density at radius 2 is 1.61 bits per heavy atom. The summed E-state index contributed by atoms with van der Waals surface area (Å²) in [5, 5.41) is 9.41. The Kier molecular flexibility index (Phi) is 5.09. The minimum atomic E-state index is -0.953. The van der Waals surface area contributed by atoms with Crippen molar-refractivity contribution in [2.45, 2.75) is 45.6 Å². The number of benzene rings is 2. The van der Waals surface area contributed by atoms with Crippen molar-refractivity contribution < 1.29 is 14.6 Å². The Bertz CT molecular complexity index is 649. The number of aliphatic carboxylic acids is 1. The molecule has 2 aromatic carbocycles. The van der Waals surface area contributed by atoms with Crippen molar-refractivity contribution >= 4 is 5.97 Å². The predicted molar refractivity (Wildman–Crippen MR) is 92.1 cm³/mol. The molecular weight excluding hydrogens is 288 g/mol. The van der Waals surface area contributed by atoms with Crippen LogP contribution in [0.1, 0.15) is 37.5 Å². The van der Waals surface area contributed by atoms with Gasteiger partial charge < -0.3 is 9.84 Å². The molecule has 0 amide bonds. The van der Waals surface area contributed by atoms with Crippen LogP contribution in [0.15, 0.2) is 48.5 Å². The van der Waals surface area contributed by atoms with Gasteiger partial charge in [0, 0.05) is 6.42 Å². The van der Waals surface area contributed by atoms with E-state index in [1.165, 1.54) is 5.56 Å². The summed E-state index contributed by atoms with van der Waals surface area (Å²) >= 11 is 0. The molecule has 0 aliphatic carbocycles. The fraction of sp³-hybridized carbons (Fsp3) is 0.350. The van der Waals surface area contributed by atoms with E-state index in [0.29, 0.717) is 12.2 Å². The highest BCUT2D eigenvalue weighted by Gasteiger charge is 2.20. The van der Waals surface area contributed by atoms with Gasteiger partial charge in [-0.05, 0) is 35.6 Å². The lowest BCUT2D eigenvalue weighted by atomic mass is 9.87. The normalized spacial score (nSPS) is 12.7. The molecule has 1 unspecified atom stereocenters. The maximum Gasteiger partial charge on any atom is 0.345 e. The predicted octanol–water partition coefficient (Wildman–Crippen LogP) is 4.37. The monoisotopic (exact) mass is 312 g/mol. The molecule has 2 aromatic rings. The van der Waals surface area contributed by atoms with Crippen molar-refractivity contribution in [1.82, 2.24) is 0 Å². The molecule has 0 heterocycles. The van der Waals surface area contributed by atoms with Gasteiger partial charge in [-0.15, -0.1) is 0 Å². The molecule has 1 atom stereocenters. The zero-order valence-electron chi connectivity index (χ0n) is 14.2. The van der Waals surface area contributed by atoms with Gasteiger partial charge in [-0.1, -0.05) is 62.7 Å². The van der Waals surface area contributed by atoms with Gasteiger partial charge in [0.05, 0.1) is 0 Å². The maximum absolute atomic E-state index is 11.5. The summed E-state index contributed by atoms with van der Waals surface area (Å²) in [7, 11) is 0. The number of hydrogen-bond donors (Lipinski definition) is 1. The highest BCUT2D eigenvalue weighted by Crippen LogP contribution is 2.25. The van der Waals surface area contributed by atoms with E-state index in [0.717, 1.165) is 11.1 Å². The van der Waals surface area contributed by atoms with Gasteiger partial charge >= 0.3 is 5.97 Å². The number of ether oxygens (including phenoxy) is 1. The summed E-state index contributed by atoms with van der Waals surface area (Å²) in [4.78, 5) is 11.5. The Morgan fingerprint density at radius 1 is 1.04 bits per heavy atom. The molecule has 0 aromatic heterocycles. The molecule has 3 heteroatoms. The van der Waals surface area contributed by atoms with Crippen molar-refractivity contribution in [2.24, 2.45) is 0 Å². The summed E-state index contributed by atoms with van der Waals surface area (Å²) in [5.41, 5.74) is 3.36. The standard InChI is InChI=1S/C20H24O3/c1-14-5-7-15(8-6-14)13-18(19(21)22)23-17-11-9-16(10-12-17)20(2,3)4/h5-12,18H,13H2,1-4H3,(H,21,22). The molecule has 1 N–H and O–H groups in total. The zero-order valence-corrected chi connectivity index (χ0v) is 14.2. The van der Waals surface area contributed by atoms with Crippen LogP contribution in [0.5, 0.6) is 5.75 Å². The van der Waals surface area contributed by atoms with Gasteiger partial charge in [0.15, 0.2) is 6.10 Å². The average molecular weight is 312 g/mol. The van der Waals surface area contributed by atoms with E-state index in [2.05, 4.69) is 20.8 Å². The second-order valence-corrected chi connectivity index (χ2v) is 6.91. The number of aryl methyl sites for hydroxylation is 1. The molecule has 2 rings (SSSR count). The summed E-state index contributed by atoms with van der Waals surface area (Å²) in [6.07, 6.45) is -0.547. The van der Waals surface area contributed by atoms with Crippen LogP contribution < -0.4 is 4.74 Å². The van der Waals surface area contributed by atoms with E-state index >= 15 is 0 Å². The van der Waals surface area contributed by atoms with Crippen molar-refractivity contribution in [3.63, 3.8) is 0 Å². The third kappa shape index (κ3) is 4.85. The molecule has 0 saturated carbocycles. The van der Waals surface area contributed by atoms with Gasteiger partial charge in [-0.25, -0.2) is 4.79 Å². The average Bonchev–Trinajstić information content (AvgIpc) is 2.48. The topological polar surface area (TPSA) is 46.5 Å². The van der Waals surface area contributed by atoms with E-state index < -0.39 is 12.1 Å². The second kappa shape index (κ2) is 6.86. The van der Waals surface area contributed by atoms with Crippen molar-refractivity contribution in [3.8, 4) is 5.75 Å². The molecular formula is C20H24O3. The first-order valence-corrected chi connectivity index (χ1v) is 7.81. The lowest BCUT2D eigenvalue weighted by Gasteiger charge is -2.20. The zero-order chi connectivity index (χ0) is 17.0. The van der Waals surface area contributed by atoms with Crippen LogP contribution in [0.2, 0.25) is 0 Å². The fourth-order valence-electron chi connectivity index (χ4n) is 2.32. The molecule has 0 bridgehead atoms. The Hall–Kier alpha value is -2.29. The molecule has 0 radical (unpaired) electrons. The number of carboxylic acids is 1. The molecule has 0 aliphatic heterocycles. The van der Waals surface area contributed by atoms with Crippen molar-refractivity contribution in [3.05, 3.63) is 65.2 Å². The molecule has 0 spiro atoms. The van der Waals surface area contributed by atoms with Crippen LogP contribution in [0.3, 0.4) is 0 Å². The van der Waals surface area contributed by atoms with E-state index in [9.17, 15) is 9.90 Å². The van der Waals surface area contributed by atoms with Gasteiger partial charge in [0.25, 0.3) is 0 Å².